The Labute approximate surface area is 160 Å². The second-order valence-electron chi connectivity index (χ2n) is 7.47. The smallest absolute Gasteiger partial charge is 0.234 e. The van der Waals surface area contributed by atoms with Crippen LogP contribution in [0.3, 0.4) is 0 Å². The van der Waals surface area contributed by atoms with E-state index in [0.717, 1.165) is 29.9 Å². The number of H-pyrrole nitrogens is 1. The Balaban J connectivity index is 1.66. The molecule has 0 saturated carbocycles. The number of aryl methyl sites for hydroxylation is 3. The summed E-state index contributed by atoms with van der Waals surface area (Å²) in [4.78, 5) is 32.1. The lowest BCUT2D eigenvalue weighted by Crippen LogP contribution is -2.51. The van der Waals surface area contributed by atoms with E-state index < -0.39 is 0 Å². The number of aromatic amines is 1. The van der Waals surface area contributed by atoms with Crippen molar-refractivity contribution in [2.45, 2.75) is 34.1 Å². The number of amides is 2. The normalized spacial score (nSPS) is 15.3. The van der Waals surface area contributed by atoms with Crippen LogP contribution in [0.1, 0.15) is 29.3 Å². The molecule has 2 N–H and O–H groups in total. The number of nitrogens with zero attached hydrogens (tertiary/aromatic N) is 2. The maximum absolute atomic E-state index is 12.9. The Morgan fingerprint density at radius 2 is 1.74 bits per heavy atom. The van der Waals surface area contributed by atoms with E-state index in [1.54, 1.807) is 0 Å². The molecule has 2 heterocycles. The van der Waals surface area contributed by atoms with Gasteiger partial charge in [0, 0.05) is 49.3 Å². The van der Waals surface area contributed by atoms with Crippen molar-refractivity contribution in [1.29, 1.82) is 0 Å². The summed E-state index contributed by atoms with van der Waals surface area (Å²) in [5.41, 5.74) is 5.74. The monoisotopic (exact) mass is 370 g/mol. The third-order valence-corrected chi connectivity index (χ3v) is 5.48. The summed E-state index contributed by atoms with van der Waals surface area (Å²) < 4.78 is 0. The van der Waals surface area contributed by atoms with E-state index in [0.29, 0.717) is 32.6 Å². The Bertz CT molecular complexity index is 847. The van der Waals surface area contributed by atoms with Crippen LogP contribution in [-0.2, 0) is 16.0 Å². The molecule has 0 aliphatic carbocycles. The van der Waals surface area contributed by atoms with E-state index in [9.17, 15) is 9.59 Å². The SMILES string of the molecule is CCNC(=O)CN1CCN(C(=O)Cc2c(C)[nH]c3c(C)ccc(C)c23)CC1. The molecular formula is C21H30N4O2. The number of piperazine rings is 1. The molecule has 2 aromatic rings. The minimum absolute atomic E-state index is 0.0533. The first kappa shape index (κ1) is 19.4. The number of aromatic nitrogens is 1. The van der Waals surface area contributed by atoms with Crippen molar-refractivity contribution in [2.24, 2.45) is 0 Å². The molecule has 0 atom stereocenters. The molecule has 2 amide bonds. The van der Waals surface area contributed by atoms with Gasteiger partial charge in [-0.2, -0.15) is 0 Å². The number of benzene rings is 1. The van der Waals surface area contributed by atoms with Crippen molar-refractivity contribution in [1.82, 2.24) is 20.1 Å². The maximum Gasteiger partial charge on any atom is 0.234 e. The Hall–Kier alpha value is -2.34. The first-order valence-electron chi connectivity index (χ1n) is 9.74. The fraction of sp³-hybridized carbons (Fsp3) is 0.524. The Morgan fingerprint density at radius 1 is 1.07 bits per heavy atom. The van der Waals surface area contributed by atoms with Gasteiger partial charge < -0.3 is 15.2 Å². The molecule has 3 rings (SSSR count). The number of nitrogens with one attached hydrogen (secondary N) is 2. The first-order chi connectivity index (χ1) is 12.9. The molecule has 1 fully saturated rings. The van der Waals surface area contributed by atoms with Gasteiger partial charge in [0.15, 0.2) is 0 Å². The summed E-state index contributed by atoms with van der Waals surface area (Å²) in [6, 6.07) is 4.24. The van der Waals surface area contributed by atoms with Gasteiger partial charge in [0.1, 0.15) is 0 Å². The summed E-state index contributed by atoms with van der Waals surface area (Å²) >= 11 is 0. The summed E-state index contributed by atoms with van der Waals surface area (Å²) in [5.74, 6) is 0.218. The Kier molecular flexibility index (Phi) is 5.85. The molecule has 6 nitrogen and oxygen atoms in total. The van der Waals surface area contributed by atoms with E-state index in [2.05, 4.69) is 41.2 Å². The number of rotatable bonds is 5. The molecule has 0 radical (unpaired) electrons. The van der Waals surface area contributed by atoms with E-state index in [4.69, 9.17) is 0 Å². The molecular weight excluding hydrogens is 340 g/mol. The third kappa shape index (κ3) is 4.16. The average molecular weight is 370 g/mol. The lowest BCUT2D eigenvalue weighted by molar-refractivity contribution is -0.132. The minimum atomic E-state index is 0.0533. The zero-order chi connectivity index (χ0) is 19.6. The van der Waals surface area contributed by atoms with E-state index in [1.807, 2.05) is 18.7 Å². The second kappa shape index (κ2) is 8.13. The number of carbonyl (C=O) groups excluding carboxylic acids is 2. The molecule has 0 bridgehead atoms. The maximum atomic E-state index is 12.9. The van der Waals surface area contributed by atoms with Crippen molar-refractivity contribution in [3.63, 3.8) is 0 Å². The van der Waals surface area contributed by atoms with Gasteiger partial charge in [-0.15, -0.1) is 0 Å². The van der Waals surface area contributed by atoms with Crippen LogP contribution >= 0.6 is 0 Å². The van der Waals surface area contributed by atoms with Crippen molar-refractivity contribution in [3.05, 3.63) is 34.5 Å². The highest BCUT2D eigenvalue weighted by atomic mass is 16.2. The van der Waals surface area contributed by atoms with Crippen molar-refractivity contribution < 1.29 is 9.59 Å². The fourth-order valence-corrected chi connectivity index (χ4v) is 3.91. The van der Waals surface area contributed by atoms with Gasteiger partial charge in [-0.25, -0.2) is 0 Å². The molecule has 1 aliphatic rings. The molecule has 0 unspecified atom stereocenters. The van der Waals surface area contributed by atoms with Crippen LogP contribution in [0, 0.1) is 20.8 Å². The summed E-state index contributed by atoms with van der Waals surface area (Å²) in [6.45, 7) is 12.1. The predicted octanol–water partition coefficient (Wildman–Crippen LogP) is 1.92. The number of hydrogen-bond donors (Lipinski definition) is 2. The minimum Gasteiger partial charge on any atom is -0.358 e. The number of hydrogen-bond acceptors (Lipinski definition) is 3. The number of likely N-dealkylation sites (N-methyl/N-ethyl adjacent to an activating group) is 1. The van der Waals surface area contributed by atoms with E-state index in [-0.39, 0.29) is 11.8 Å². The number of fused-ring (bicyclic) bond motifs is 1. The van der Waals surface area contributed by atoms with Gasteiger partial charge in [0.05, 0.1) is 13.0 Å². The Morgan fingerprint density at radius 3 is 2.41 bits per heavy atom. The highest BCUT2D eigenvalue weighted by Crippen LogP contribution is 2.28. The average Bonchev–Trinajstić information content (AvgIpc) is 2.97. The summed E-state index contributed by atoms with van der Waals surface area (Å²) in [6.07, 6.45) is 0.423. The summed E-state index contributed by atoms with van der Waals surface area (Å²) in [7, 11) is 0. The molecule has 1 aromatic heterocycles. The predicted molar refractivity (Wildman–Crippen MR) is 108 cm³/mol. The zero-order valence-electron chi connectivity index (χ0n) is 16.8. The zero-order valence-corrected chi connectivity index (χ0v) is 16.8. The van der Waals surface area contributed by atoms with Crippen LogP contribution < -0.4 is 5.32 Å². The molecule has 0 spiro atoms. The molecule has 146 valence electrons. The molecule has 1 aromatic carbocycles. The number of carbonyl (C=O) groups is 2. The van der Waals surface area contributed by atoms with Gasteiger partial charge in [0.2, 0.25) is 11.8 Å². The lowest BCUT2D eigenvalue weighted by atomic mass is 10.0. The van der Waals surface area contributed by atoms with Gasteiger partial charge in [-0.1, -0.05) is 12.1 Å². The van der Waals surface area contributed by atoms with Crippen LogP contribution in [-0.4, -0.2) is 65.9 Å². The summed E-state index contributed by atoms with van der Waals surface area (Å²) in [5, 5.41) is 4.02. The quantitative estimate of drug-likeness (QED) is 0.845. The van der Waals surface area contributed by atoms with E-state index in [1.165, 1.54) is 16.5 Å². The fourth-order valence-electron chi connectivity index (χ4n) is 3.91. The van der Waals surface area contributed by atoms with Crippen LogP contribution in [0.5, 0.6) is 0 Å². The molecule has 1 saturated heterocycles. The van der Waals surface area contributed by atoms with E-state index >= 15 is 0 Å². The van der Waals surface area contributed by atoms with Crippen molar-refractivity contribution >= 4 is 22.7 Å². The highest BCUT2D eigenvalue weighted by molar-refractivity contribution is 5.94. The molecule has 6 heteroatoms. The first-order valence-corrected chi connectivity index (χ1v) is 9.74. The molecule has 27 heavy (non-hydrogen) atoms. The van der Waals surface area contributed by atoms with Gasteiger partial charge in [-0.05, 0) is 44.4 Å². The standard InChI is InChI=1S/C21H30N4O2/c1-5-22-18(26)13-24-8-10-25(11-9-24)19(27)12-17-16(4)23-21-15(3)7-6-14(2)20(17)21/h6-7,23H,5,8-13H2,1-4H3,(H,22,26). The van der Waals surface area contributed by atoms with Crippen LogP contribution in [0.4, 0.5) is 0 Å². The third-order valence-electron chi connectivity index (χ3n) is 5.48. The van der Waals surface area contributed by atoms with Crippen LogP contribution in [0.25, 0.3) is 10.9 Å². The second-order valence-corrected chi connectivity index (χ2v) is 7.47. The van der Waals surface area contributed by atoms with Crippen molar-refractivity contribution in [3.8, 4) is 0 Å². The van der Waals surface area contributed by atoms with Gasteiger partial charge >= 0.3 is 0 Å². The van der Waals surface area contributed by atoms with Crippen LogP contribution in [0.15, 0.2) is 12.1 Å². The lowest BCUT2D eigenvalue weighted by Gasteiger charge is -2.34. The largest absolute Gasteiger partial charge is 0.358 e. The molecule has 1 aliphatic heterocycles. The van der Waals surface area contributed by atoms with Gasteiger partial charge in [0.25, 0.3) is 0 Å². The highest BCUT2D eigenvalue weighted by Gasteiger charge is 2.24. The topological polar surface area (TPSA) is 68.4 Å². The van der Waals surface area contributed by atoms with Crippen LogP contribution in [0.2, 0.25) is 0 Å². The van der Waals surface area contributed by atoms with Gasteiger partial charge in [-0.3, -0.25) is 14.5 Å². The van der Waals surface area contributed by atoms with Crippen molar-refractivity contribution in [2.75, 3.05) is 39.3 Å².